The molecule has 0 aliphatic heterocycles. The number of hydrogen-bond donors (Lipinski definition) is 2. The highest BCUT2D eigenvalue weighted by Gasteiger charge is 2.05. The zero-order chi connectivity index (χ0) is 14.5. The minimum absolute atomic E-state index is 0.107. The highest BCUT2D eigenvalue weighted by molar-refractivity contribution is 5.90. The summed E-state index contributed by atoms with van der Waals surface area (Å²) in [5.74, 6) is 2.16. The SMILES string of the molecule is C#Cc1cccc(NC(=O)Cn2cc(N)ccc2=O)c1. The Morgan fingerprint density at radius 1 is 1.35 bits per heavy atom. The average molecular weight is 267 g/mol. The first kappa shape index (κ1) is 13.4. The second kappa shape index (κ2) is 5.76. The van der Waals surface area contributed by atoms with Crippen LogP contribution in [0.5, 0.6) is 0 Å². The van der Waals surface area contributed by atoms with Crippen molar-refractivity contribution in [1.82, 2.24) is 4.57 Å². The fourth-order valence-corrected chi connectivity index (χ4v) is 1.72. The number of carbonyl (C=O) groups is 1. The van der Waals surface area contributed by atoms with E-state index in [1.165, 1.54) is 22.9 Å². The van der Waals surface area contributed by atoms with E-state index in [1.807, 2.05) is 0 Å². The van der Waals surface area contributed by atoms with E-state index in [-0.39, 0.29) is 18.0 Å². The van der Waals surface area contributed by atoms with E-state index in [1.54, 1.807) is 24.3 Å². The van der Waals surface area contributed by atoms with Gasteiger partial charge in [-0.1, -0.05) is 12.0 Å². The van der Waals surface area contributed by atoms with Crippen molar-refractivity contribution in [2.24, 2.45) is 0 Å². The summed E-state index contributed by atoms with van der Waals surface area (Å²) < 4.78 is 1.25. The van der Waals surface area contributed by atoms with Crippen molar-refractivity contribution >= 4 is 17.3 Å². The maximum atomic E-state index is 11.9. The van der Waals surface area contributed by atoms with Crippen molar-refractivity contribution in [1.29, 1.82) is 0 Å². The van der Waals surface area contributed by atoms with Gasteiger partial charge in [0, 0.05) is 29.2 Å². The molecule has 0 aliphatic rings. The molecule has 0 unspecified atom stereocenters. The van der Waals surface area contributed by atoms with E-state index in [9.17, 15) is 9.59 Å². The fraction of sp³-hybridized carbons (Fsp3) is 0.0667. The highest BCUT2D eigenvalue weighted by atomic mass is 16.2. The Hall–Kier alpha value is -3.00. The van der Waals surface area contributed by atoms with Gasteiger partial charge in [0.05, 0.1) is 0 Å². The molecule has 0 atom stereocenters. The third-order valence-corrected chi connectivity index (χ3v) is 2.63. The van der Waals surface area contributed by atoms with Crippen LogP contribution >= 0.6 is 0 Å². The monoisotopic (exact) mass is 267 g/mol. The number of nitrogens with two attached hydrogens (primary N) is 1. The molecule has 1 heterocycles. The van der Waals surface area contributed by atoms with Crippen molar-refractivity contribution in [3.8, 4) is 12.3 Å². The first-order valence-electron chi connectivity index (χ1n) is 5.91. The molecule has 0 fully saturated rings. The van der Waals surface area contributed by atoms with Crippen LogP contribution in [-0.4, -0.2) is 10.5 Å². The van der Waals surface area contributed by atoms with Crippen LogP contribution < -0.4 is 16.6 Å². The van der Waals surface area contributed by atoms with Crippen LogP contribution in [0.15, 0.2) is 47.4 Å². The number of aromatic nitrogens is 1. The Balaban J connectivity index is 2.11. The lowest BCUT2D eigenvalue weighted by molar-refractivity contribution is -0.116. The van der Waals surface area contributed by atoms with Gasteiger partial charge in [-0.2, -0.15) is 0 Å². The second-order valence-corrected chi connectivity index (χ2v) is 4.20. The van der Waals surface area contributed by atoms with Crippen molar-refractivity contribution in [2.45, 2.75) is 6.54 Å². The summed E-state index contributed by atoms with van der Waals surface area (Å²) in [5.41, 5.74) is 6.97. The Bertz CT molecular complexity index is 741. The maximum absolute atomic E-state index is 11.9. The van der Waals surface area contributed by atoms with Gasteiger partial charge in [0.15, 0.2) is 0 Å². The molecule has 0 saturated heterocycles. The lowest BCUT2D eigenvalue weighted by Gasteiger charge is -2.08. The zero-order valence-electron chi connectivity index (χ0n) is 10.7. The van der Waals surface area contributed by atoms with Gasteiger partial charge in [-0.05, 0) is 24.3 Å². The Labute approximate surface area is 116 Å². The number of amides is 1. The Kier molecular flexibility index (Phi) is 3.87. The summed E-state index contributed by atoms with van der Waals surface area (Å²) in [7, 11) is 0. The molecule has 1 amide bonds. The third-order valence-electron chi connectivity index (χ3n) is 2.63. The lowest BCUT2D eigenvalue weighted by Crippen LogP contribution is -2.27. The Morgan fingerprint density at radius 2 is 2.15 bits per heavy atom. The number of benzene rings is 1. The second-order valence-electron chi connectivity index (χ2n) is 4.20. The number of nitrogens with one attached hydrogen (secondary N) is 1. The molecular formula is C15H13N3O2. The number of rotatable bonds is 3. The van der Waals surface area contributed by atoms with Gasteiger partial charge in [0.1, 0.15) is 6.54 Å². The predicted octanol–water partition coefficient (Wildman–Crippen LogP) is 1.05. The van der Waals surface area contributed by atoms with E-state index >= 15 is 0 Å². The van der Waals surface area contributed by atoms with Crippen LogP contribution in [0.1, 0.15) is 5.56 Å². The highest BCUT2D eigenvalue weighted by Crippen LogP contribution is 2.09. The lowest BCUT2D eigenvalue weighted by atomic mass is 10.2. The van der Waals surface area contributed by atoms with Gasteiger partial charge < -0.3 is 15.6 Å². The average Bonchev–Trinajstić information content (AvgIpc) is 2.43. The molecule has 5 heteroatoms. The summed E-state index contributed by atoms with van der Waals surface area (Å²) in [6, 6.07) is 9.73. The van der Waals surface area contributed by atoms with Gasteiger partial charge in [0.25, 0.3) is 5.56 Å². The number of terminal acetylenes is 1. The summed E-state index contributed by atoms with van der Waals surface area (Å²) in [6.45, 7) is -0.107. The summed E-state index contributed by atoms with van der Waals surface area (Å²) in [4.78, 5) is 23.4. The van der Waals surface area contributed by atoms with Crippen LogP contribution in [0.25, 0.3) is 0 Å². The van der Waals surface area contributed by atoms with E-state index in [0.29, 0.717) is 16.9 Å². The largest absolute Gasteiger partial charge is 0.398 e. The molecular weight excluding hydrogens is 254 g/mol. The minimum Gasteiger partial charge on any atom is -0.398 e. The molecule has 0 saturated carbocycles. The van der Waals surface area contributed by atoms with Gasteiger partial charge >= 0.3 is 0 Å². The molecule has 5 nitrogen and oxygen atoms in total. The molecule has 0 radical (unpaired) electrons. The molecule has 1 aromatic carbocycles. The molecule has 2 aromatic rings. The van der Waals surface area contributed by atoms with E-state index in [2.05, 4.69) is 11.2 Å². The van der Waals surface area contributed by atoms with Crippen molar-refractivity contribution < 1.29 is 4.79 Å². The van der Waals surface area contributed by atoms with Crippen LogP contribution in [-0.2, 0) is 11.3 Å². The minimum atomic E-state index is -0.327. The van der Waals surface area contributed by atoms with Crippen LogP contribution in [0, 0.1) is 12.3 Å². The number of anilines is 2. The third kappa shape index (κ3) is 3.27. The number of hydrogen-bond acceptors (Lipinski definition) is 3. The standard InChI is InChI=1S/C15H13N3O2/c1-2-11-4-3-5-13(8-11)17-14(19)10-18-9-12(16)6-7-15(18)20/h1,3-9H,10,16H2,(H,17,19). The maximum Gasteiger partial charge on any atom is 0.251 e. The number of nitrogens with zero attached hydrogens (tertiary/aromatic N) is 1. The van der Waals surface area contributed by atoms with Gasteiger partial charge in [0.2, 0.25) is 5.91 Å². The number of pyridine rings is 1. The van der Waals surface area contributed by atoms with Crippen LogP contribution in [0.2, 0.25) is 0 Å². The zero-order valence-corrected chi connectivity index (χ0v) is 10.7. The van der Waals surface area contributed by atoms with Crippen molar-refractivity contribution in [3.63, 3.8) is 0 Å². The summed E-state index contributed by atoms with van der Waals surface area (Å²) >= 11 is 0. The Morgan fingerprint density at radius 3 is 2.90 bits per heavy atom. The number of carbonyl (C=O) groups excluding carboxylic acids is 1. The molecule has 100 valence electrons. The molecule has 0 bridgehead atoms. The van der Waals surface area contributed by atoms with Gasteiger partial charge in [-0.15, -0.1) is 6.42 Å². The van der Waals surface area contributed by atoms with Crippen molar-refractivity contribution in [2.75, 3.05) is 11.1 Å². The molecule has 20 heavy (non-hydrogen) atoms. The first-order chi connectivity index (χ1) is 9.58. The van der Waals surface area contributed by atoms with Crippen LogP contribution in [0.4, 0.5) is 11.4 Å². The fourth-order valence-electron chi connectivity index (χ4n) is 1.72. The van der Waals surface area contributed by atoms with Crippen molar-refractivity contribution in [3.05, 3.63) is 58.5 Å². The molecule has 0 aliphatic carbocycles. The summed E-state index contributed by atoms with van der Waals surface area (Å²) in [5, 5.41) is 2.68. The van der Waals surface area contributed by atoms with Gasteiger partial charge in [-0.3, -0.25) is 9.59 Å². The quantitative estimate of drug-likeness (QED) is 0.816. The van der Waals surface area contributed by atoms with E-state index < -0.39 is 0 Å². The molecule has 1 aromatic heterocycles. The van der Waals surface area contributed by atoms with Crippen LogP contribution in [0.3, 0.4) is 0 Å². The smallest absolute Gasteiger partial charge is 0.251 e. The van der Waals surface area contributed by atoms with Gasteiger partial charge in [-0.25, -0.2) is 0 Å². The molecule has 0 spiro atoms. The summed E-state index contributed by atoms with van der Waals surface area (Å²) in [6.07, 6.45) is 6.72. The topological polar surface area (TPSA) is 77.1 Å². The predicted molar refractivity (Wildman–Crippen MR) is 78.1 cm³/mol. The molecule has 3 N–H and O–H groups in total. The van der Waals surface area contributed by atoms with E-state index in [0.717, 1.165) is 0 Å². The first-order valence-corrected chi connectivity index (χ1v) is 5.91. The normalized spacial score (nSPS) is 9.75. The molecule has 2 rings (SSSR count). The van der Waals surface area contributed by atoms with E-state index in [4.69, 9.17) is 12.2 Å². The number of nitrogen functional groups attached to an aromatic ring is 1.